The van der Waals surface area contributed by atoms with Gasteiger partial charge in [0, 0.05) is 13.2 Å². The molecular formula is C10H19NO. The van der Waals surface area contributed by atoms with Crippen molar-refractivity contribution in [1.29, 1.82) is 0 Å². The maximum absolute atomic E-state index is 5.55. The molecular weight excluding hydrogens is 150 g/mol. The SMILES string of the molecule is CCOC1CCC(=CCN)CC1. The Bertz CT molecular complexity index is 144. The lowest BCUT2D eigenvalue weighted by atomic mass is 9.92. The minimum absolute atomic E-state index is 0.505. The Morgan fingerprint density at radius 2 is 2.17 bits per heavy atom. The lowest BCUT2D eigenvalue weighted by Gasteiger charge is -2.23. The van der Waals surface area contributed by atoms with E-state index in [2.05, 4.69) is 13.0 Å². The van der Waals surface area contributed by atoms with E-state index in [4.69, 9.17) is 10.5 Å². The van der Waals surface area contributed by atoms with Crippen molar-refractivity contribution in [3.63, 3.8) is 0 Å². The number of allylic oxidation sites excluding steroid dienone is 1. The average Bonchev–Trinajstić information content (AvgIpc) is 2.09. The van der Waals surface area contributed by atoms with Crippen molar-refractivity contribution in [3.05, 3.63) is 11.6 Å². The lowest BCUT2D eigenvalue weighted by Crippen LogP contribution is -2.17. The predicted molar refractivity (Wildman–Crippen MR) is 51.0 cm³/mol. The highest BCUT2D eigenvalue weighted by Gasteiger charge is 2.15. The molecule has 0 radical (unpaired) electrons. The summed E-state index contributed by atoms with van der Waals surface area (Å²) in [4.78, 5) is 0. The van der Waals surface area contributed by atoms with Gasteiger partial charge in [-0.1, -0.05) is 11.6 Å². The molecule has 0 aliphatic heterocycles. The smallest absolute Gasteiger partial charge is 0.0581 e. The monoisotopic (exact) mass is 169 g/mol. The van der Waals surface area contributed by atoms with E-state index in [1.807, 2.05) is 0 Å². The number of hydrogen-bond donors (Lipinski definition) is 1. The third-order valence-electron chi connectivity index (χ3n) is 2.38. The zero-order valence-electron chi connectivity index (χ0n) is 7.88. The lowest BCUT2D eigenvalue weighted by molar-refractivity contribution is 0.0443. The van der Waals surface area contributed by atoms with Crippen LogP contribution in [0.1, 0.15) is 32.6 Å². The van der Waals surface area contributed by atoms with E-state index in [9.17, 15) is 0 Å². The van der Waals surface area contributed by atoms with Crippen LogP contribution in [0.25, 0.3) is 0 Å². The third kappa shape index (κ3) is 2.95. The van der Waals surface area contributed by atoms with Gasteiger partial charge in [-0.05, 0) is 32.6 Å². The topological polar surface area (TPSA) is 35.2 Å². The summed E-state index contributed by atoms with van der Waals surface area (Å²) >= 11 is 0. The fourth-order valence-corrected chi connectivity index (χ4v) is 1.74. The van der Waals surface area contributed by atoms with Crippen molar-refractivity contribution in [1.82, 2.24) is 0 Å². The average molecular weight is 169 g/mol. The summed E-state index contributed by atoms with van der Waals surface area (Å²) < 4.78 is 5.55. The van der Waals surface area contributed by atoms with Crippen LogP contribution in [-0.4, -0.2) is 19.3 Å². The van der Waals surface area contributed by atoms with Crippen LogP contribution >= 0.6 is 0 Å². The summed E-state index contributed by atoms with van der Waals surface area (Å²) in [6.07, 6.45) is 7.38. The second-order valence-corrected chi connectivity index (χ2v) is 3.25. The molecule has 0 heterocycles. The standard InChI is InChI=1S/C10H19NO/c1-2-12-10-5-3-9(4-6-10)7-8-11/h7,10H,2-6,8,11H2,1H3. The molecule has 70 valence electrons. The van der Waals surface area contributed by atoms with E-state index >= 15 is 0 Å². The molecule has 2 N–H and O–H groups in total. The molecule has 1 rings (SSSR count). The molecule has 1 aliphatic carbocycles. The van der Waals surface area contributed by atoms with Crippen LogP contribution in [0, 0.1) is 0 Å². The normalized spacial score (nSPS) is 24.2. The van der Waals surface area contributed by atoms with Crippen LogP contribution in [0.3, 0.4) is 0 Å². The molecule has 0 aromatic carbocycles. The van der Waals surface area contributed by atoms with E-state index < -0.39 is 0 Å². The first-order valence-corrected chi connectivity index (χ1v) is 4.86. The summed E-state index contributed by atoms with van der Waals surface area (Å²) in [6.45, 7) is 3.60. The first kappa shape index (κ1) is 9.75. The molecule has 0 aromatic heterocycles. The highest BCUT2D eigenvalue weighted by molar-refractivity contribution is 5.06. The Hall–Kier alpha value is -0.340. The number of nitrogens with two attached hydrogens (primary N) is 1. The van der Waals surface area contributed by atoms with Gasteiger partial charge in [-0.3, -0.25) is 0 Å². The molecule has 2 heteroatoms. The van der Waals surface area contributed by atoms with Gasteiger partial charge in [0.1, 0.15) is 0 Å². The van der Waals surface area contributed by atoms with Gasteiger partial charge >= 0.3 is 0 Å². The van der Waals surface area contributed by atoms with Crippen LogP contribution in [-0.2, 0) is 4.74 Å². The minimum atomic E-state index is 0.505. The molecule has 1 fully saturated rings. The highest BCUT2D eigenvalue weighted by atomic mass is 16.5. The van der Waals surface area contributed by atoms with E-state index in [0.29, 0.717) is 12.6 Å². The fourth-order valence-electron chi connectivity index (χ4n) is 1.74. The summed E-state index contributed by atoms with van der Waals surface area (Å²) in [6, 6.07) is 0. The Morgan fingerprint density at radius 3 is 2.67 bits per heavy atom. The van der Waals surface area contributed by atoms with Gasteiger partial charge in [-0.25, -0.2) is 0 Å². The van der Waals surface area contributed by atoms with Gasteiger partial charge in [-0.15, -0.1) is 0 Å². The van der Waals surface area contributed by atoms with Gasteiger partial charge < -0.3 is 10.5 Å². The van der Waals surface area contributed by atoms with Crippen LogP contribution < -0.4 is 5.73 Å². The minimum Gasteiger partial charge on any atom is -0.378 e. The van der Waals surface area contributed by atoms with Crippen molar-refractivity contribution in [2.75, 3.05) is 13.2 Å². The molecule has 1 saturated carbocycles. The molecule has 0 bridgehead atoms. The summed E-state index contributed by atoms with van der Waals surface area (Å²) in [7, 11) is 0. The van der Waals surface area contributed by atoms with Gasteiger partial charge in [0.2, 0.25) is 0 Å². The Morgan fingerprint density at radius 1 is 1.50 bits per heavy atom. The van der Waals surface area contributed by atoms with Crippen molar-refractivity contribution in [2.45, 2.75) is 38.7 Å². The van der Waals surface area contributed by atoms with Gasteiger partial charge in [0.25, 0.3) is 0 Å². The van der Waals surface area contributed by atoms with Crippen molar-refractivity contribution >= 4 is 0 Å². The Labute approximate surface area is 74.8 Å². The van der Waals surface area contributed by atoms with Crippen LogP contribution in [0.4, 0.5) is 0 Å². The third-order valence-corrected chi connectivity index (χ3v) is 2.38. The zero-order chi connectivity index (χ0) is 8.81. The van der Waals surface area contributed by atoms with Gasteiger partial charge in [0.15, 0.2) is 0 Å². The zero-order valence-corrected chi connectivity index (χ0v) is 7.88. The number of ether oxygens (including phenoxy) is 1. The maximum Gasteiger partial charge on any atom is 0.0581 e. The number of hydrogen-bond acceptors (Lipinski definition) is 2. The van der Waals surface area contributed by atoms with E-state index in [-0.39, 0.29) is 0 Å². The molecule has 0 saturated heterocycles. The van der Waals surface area contributed by atoms with Gasteiger partial charge in [0.05, 0.1) is 6.10 Å². The summed E-state index contributed by atoms with van der Waals surface area (Å²) in [5.74, 6) is 0. The van der Waals surface area contributed by atoms with Crippen LogP contribution in [0.5, 0.6) is 0 Å². The Kier molecular flexibility index (Phi) is 4.33. The second kappa shape index (κ2) is 5.33. The molecule has 0 unspecified atom stereocenters. The maximum atomic E-state index is 5.55. The highest BCUT2D eigenvalue weighted by Crippen LogP contribution is 2.24. The molecule has 0 aromatic rings. The van der Waals surface area contributed by atoms with Crippen molar-refractivity contribution in [3.8, 4) is 0 Å². The van der Waals surface area contributed by atoms with Crippen LogP contribution in [0.2, 0.25) is 0 Å². The molecule has 2 nitrogen and oxygen atoms in total. The van der Waals surface area contributed by atoms with E-state index in [1.165, 1.54) is 31.3 Å². The first-order valence-electron chi connectivity index (χ1n) is 4.86. The fraction of sp³-hybridized carbons (Fsp3) is 0.800. The van der Waals surface area contributed by atoms with Crippen molar-refractivity contribution < 1.29 is 4.74 Å². The molecule has 0 atom stereocenters. The summed E-state index contributed by atoms with van der Waals surface area (Å²) in [5, 5.41) is 0. The quantitative estimate of drug-likeness (QED) is 0.654. The Balaban J connectivity index is 2.24. The van der Waals surface area contributed by atoms with Crippen LogP contribution in [0.15, 0.2) is 11.6 Å². The molecule has 12 heavy (non-hydrogen) atoms. The van der Waals surface area contributed by atoms with Crippen molar-refractivity contribution in [2.24, 2.45) is 5.73 Å². The van der Waals surface area contributed by atoms with E-state index in [0.717, 1.165) is 6.61 Å². The second-order valence-electron chi connectivity index (χ2n) is 3.25. The number of rotatable bonds is 3. The predicted octanol–water partition coefficient (Wildman–Crippen LogP) is 1.85. The molecule has 0 spiro atoms. The van der Waals surface area contributed by atoms with E-state index in [1.54, 1.807) is 0 Å². The largest absolute Gasteiger partial charge is 0.378 e. The molecule has 1 aliphatic rings. The summed E-state index contributed by atoms with van der Waals surface area (Å²) in [5.41, 5.74) is 6.97. The molecule has 0 amide bonds. The van der Waals surface area contributed by atoms with Gasteiger partial charge in [-0.2, -0.15) is 0 Å². The first-order chi connectivity index (χ1) is 5.86.